The van der Waals surface area contributed by atoms with Crippen LogP contribution in [-0.2, 0) is 4.74 Å². The summed E-state index contributed by atoms with van der Waals surface area (Å²) in [6, 6.07) is 0.771. The fraction of sp³-hybridized carbons (Fsp3) is 0.733. The largest absolute Gasteiger partial charge is 0.379 e. The monoisotopic (exact) mass is 235 g/mol. The Kier molecular flexibility index (Phi) is 4.81. The van der Waals surface area contributed by atoms with Crippen molar-refractivity contribution in [1.82, 2.24) is 4.90 Å². The first-order chi connectivity index (χ1) is 8.25. The molecular formula is C15H25NO. The molecule has 0 saturated carbocycles. The topological polar surface area (TPSA) is 12.5 Å². The Labute approximate surface area is 105 Å². The lowest BCUT2D eigenvalue weighted by atomic mass is 9.91. The molecular weight excluding hydrogens is 210 g/mol. The minimum atomic E-state index is 0.771. The zero-order valence-electron chi connectivity index (χ0n) is 11.1. The average molecular weight is 235 g/mol. The van der Waals surface area contributed by atoms with Crippen LogP contribution in [0.4, 0.5) is 0 Å². The highest BCUT2D eigenvalue weighted by Gasteiger charge is 2.22. The Hall–Kier alpha value is -0.600. The van der Waals surface area contributed by atoms with Crippen LogP contribution in [0.3, 0.4) is 0 Å². The lowest BCUT2D eigenvalue weighted by Crippen LogP contribution is -2.44. The van der Waals surface area contributed by atoms with Gasteiger partial charge in [0.05, 0.1) is 13.2 Å². The van der Waals surface area contributed by atoms with Crippen LogP contribution in [0.15, 0.2) is 23.8 Å². The molecule has 2 aliphatic rings. The molecule has 1 unspecified atom stereocenters. The predicted octanol–water partition coefficient (Wildman–Crippen LogP) is 3.15. The molecule has 17 heavy (non-hydrogen) atoms. The molecule has 0 amide bonds. The molecule has 1 aliphatic heterocycles. The van der Waals surface area contributed by atoms with Gasteiger partial charge in [-0.15, -0.1) is 6.58 Å². The van der Waals surface area contributed by atoms with E-state index < -0.39 is 0 Å². The maximum Gasteiger partial charge on any atom is 0.0594 e. The van der Waals surface area contributed by atoms with E-state index in [1.165, 1.54) is 31.3 Å². The third-order valence-corrected chi connectivity index (χ3v) is 3.91. The zero-order chi connectivity index (χ0) is 12.1. The molecule has 0 aromatic carbocycles. The van der Waals surface area contributed by atoms with Crippen LogP contribution in [0.25, 0.3) is 0 Å². The minimum absolute atomic E-state index is 0.771. The van der Waals surface area contributed by atoms with Crippen molar-refractivity contribution in [3.05, 3.63) is 23.8 Å². The van der Waals surface area contributed by atoms with Gasteiger partial charge in [0, 0.05) is 19.1 Å². The van der Waals surface area contributed by atoms with Crippen molar-refractivity contribution < 1.29 is 4.74 Å². The molecule has 1 aliphatic carbocycles. The lowest BCUT2D eigenvalue weighted by Gasteiger charge is -2.36. The quantitative estimate of drug-likeness (QED) is 0.694. The molecule has 0 aromatic rings. The third-order valence-electron chi connectivity index (χ3n) is 3.91. The van der Waals surface area contributed by atoms with Gasteiger partial charge in [0.2, 0.25) is 0 Å². The molecule has 1 atom stereocenters. The summed E-state index contributed by atoms with van der Waals surface area (Å²) in [4.78, 5) is 2.61. The number of rotatable bonds is 4. The lowest BCUT2D eigenvalue weighted by molar-refractivity contribution is 0.0144. The van der Waals surface area contributed by atoms with Crippen molar-refractivity contribution in [3.8, 4) is 0 Å². The van der Waals surface area contributed by atoms with Gasteiger partial charge in [-0.25, -0.2) is 0 Å². The number of allylic oxidation sites excluding steroid dienone is 2. The second-order valence-electron chi connectivity index (χ2n) is 5.40. The first kappa shape index (κ1) is 12.8. The van der Waals surface area contributed by atoms with Gasteiger partial charge in [-0.05, 0) is 39.0 Å². The highest BCUT2D eigenvalue weighted by molar-refractivity contribution is 5.10. The van der Waals surface area contributed by atoms with Gasteiger partial charge in [0.15, 0.2) is 0 Å². The van der Waals surface area contributed by atoms with E-state index in [2.05, 4.69) is 24.5 Å². The van der Waals surface area contributed by atoms with Crippen LogP contribution >= 0.6 is 0 Å². The highest BCUT2D eigenvalue weighted by Crippen LogP contribution is 2.26. The number of hydrogen-bond donors (Lipinski definition) is 0. The SMILES string of the molecule is C=C(C)CCC1=CCC(N2CCOCC2)CC1. The van der Waals surface area contributed by atoms with Crippen LogP contribution < -0.4 is 0 Å². The Morgan fingerprint density at radius 1 is 1.47 bits per heavy atom. The molecule has 2 rings (SSSR count). The van der Waals surface area contributed by atoms with E-state index in [1.807, 2.05) is 0 Å². The maximum atomic E-state index is 5.41. The minimum Gasteiger partial charge on any atom is -0.379 e. The van der Waals surface area contributed by atoms with E-state index >= 15 is 0 Å². The standard InChI is InChI=1S/C15H25NO/c1-13(2)3-4-14-5-7-15(8-6-14)16-9-11-17-12-10-16/h5,15H,1,3-4,6-12H2,2H3. The number of hydrogen-bond acceptors (Lipinski definition) is 2. The van der Waals surface area contributed by atoms with Crippen molar-refractivity contribution in [3.63, 3.8) is 0 Å². The van der Waals surface area contributed by atoms with E-state index in [1.54, 1.807) is 5.57 Å². The highest BCUT2D eigenvalue weighted by atomic mass is 16.5. The molecule has 0 spiro atoms. The summed E-state index contributed by atoms with van der Waals surface area (Å²) < 4.78 is 5.41. The van der Waals surface area contributed by atoms with Crippen molar-refractivity contribution in [2.24, 2.45) is 0 Å². The van der Waals surface area contributed by atoms with Gasteiger partial charge in [0.1, 0.15) is 0 Å². The van der Waals surface area contributed by atoms with Crippen LogP contribution in [0, 0.1) is 0 Å². The number of nitrogens with zero attached hydrogens (tertiary/aromatic N) is 1. The molecule has 2 heteroatoms. The summed E-state index contributed by atoms with van der Waals surface area (Å²) in [5.41, 5.74) is 2.96. The Bertz CT molecular complexity index is 289. The molecule has 1 fully saturated rings. The fourth-order valence-corrected chi connectivity index (χ4v) is 2.75. The van der Waals surface area contributed by atoms with Crippen molar-refractivity contribution >= 4 is 0 Å². The van der Waals surface area contributed by atoms with Gasteiger partial charge < -0.3 is 4.74 Å². The predicted molar refractivity (Wildman–Crippen MR) is 72.2 cm³/mol. The summed E-state index contributed by atoms with van der Waals surface area (Å²) in [5, 5.41) is 0. The summed E-state index contributed by atoms with van der Waals surface area (Å²) in [6.07, 6.45) is 8.73. The van der Waals surface area contributed by atoms with Crippen LogP contribution in [0.2, 0.25) is 0 Å². The summed E-state index contributed by atoms with van der Waals surface area (Å²) in [7, 11) is 0. The fourth-order valence-electron chi connectivity index (χ4n) is 2.75. The molecule has 0 radical (unpaired) electrons. The smallest absolute Gasteiger partial charge is 0.0594 e. The van der Waals surface area contributed by atoms with Crippen LogP contribution in [0.5, 0.6) is 0 Å². The normalized spacial score (nSPS) is 26.6. The second kappa shape index (κ2) is 6.36. The summed E-state index contributed by atoms with van der Waals surface area (Å²) in [5.74, 6) is 0. The summed E-state index contributed by atoms with van der Waals surface area (Å²) >= 11 is 0. The van der Waals surface area contributed by atoms with E-state index in [4.69, 9.17) is 4.74 Å². The van der Waals surface area contributed by atoms with Gasteiger partial charge in [-0.1, -0.05) is 17.2 Å². The Morgan fingerprint density at radius 2 is 2.24 bits per heavy atom. The van der Waals surface area contributed by atoms with E-state index in [-0.39, 0.29) is 0 Å². The van der Waals surface area contributed by atoms with E-state index in [0.29, 0.717) is 0 Å². The van der Waals surface area contributed by atoms with Crippen LogP contribution in [-0.4, -0.2) is 37.2 Å². The summed E-state index contributed by atoms with van der Waals surface area (Å²) in [6.45, 7) is 10.2. The Morgan fingerprint density at radius 3 is 2.82 bits per heavy atom. The molecule has 0 N–H and O–H groups in total. The molecule has 0 aromatic heterocycles. The average Bonchev–Trinajstić information content (AvgIpc) is 2.38. The zero-order valence-corrected chi connectivity index (χ0v) is 11.1. The number of morpholine rings is 1. The van der Waals surface area contributed by atoms with E-state index in [9.17, 15) is 0 Å². The molecule has 0 bridgehead atoms. The van der Waals surface area contributed by atoms with Crippen molar-refractivity contribution in [1.29, 1.82) is 0 Å². The third kappa shape index (κ3) is 3.97. The van der Waals surface area contributed by atoms with Crippen molar-refractivity contribution in [2.75, 3.05) is 26.3 Å². The van der Waals surface area contributed by atoms with Crippen LogP contribution in [0.1, 0.15) is 39.0 Å². The molecule has 1 heterocycles. The van der Waals surface area contributed by atoms with Gasteiger partial charge >= 0.3 is 0 Å². The van der Waals surface area contributed by atoms with E-state index in [0.717, 1.165) is 38.8 Å². The molecule has 96 valence electrons. The van der Waals surface area contributed by atoms with Gasteiger partial charge in [0.25, 0.3) is 0 Å². The first-order valence-corrected chi connectivity index (χ1v) is 6.90. The molecule has 2 nitrogen and oxygen atoms in total. The Balaban J connectivity index is 1.77. The second-order valence-corrected chi connectivity index (χ2v) is 5.40. The first-order valence-electron chi connectivity index (χ1n) is 6.90. The molecule has 1 saturated heterocycles. The van der Waals surface area contributed by atoms with Crippen molar-refractivity contribution in [2.45, 2.75) is 45.1 Å². The van der Waals surface area contributed by atoms with Gasteiger partial charge in [-0.3, -0.25) is 4.90 Å². The maximum absolute atomic E-state index is 5.41. The number of ether oxygens (including phenoxy) is 1. The van der Waals surface area contributed by atoms with Gasteiger partial charge in [-0.2, -0.15) is 0 Å².